The number of hydrogen-bond acceptors (Lipinski definition) is 6. The smallest absolute Gasteiger partial charge is 0.321 e. The first-order valence-electron chi connectivity index (χ1n) is 15.4. The van der Waals surface area contributed by atoms with E-state index in [0.717, 1.165) is 16.7 Å². The summed E-state index contributed by atoms with van der Waals surface area (Å²) in [7, 11) is 0. The molecule has 234 valence electrons. The Morgan fingerprint density at radius 3 is 2.02 bits per heavy atom. The van der Waals surface area contributed by atoms with Crippen molar-refractivity contribution in [2.45, 2.75) is 126 Å². The Morgan fingerprint density at radius 2 is 1.52 bits per heavy atom. The van der Waals surface area contributed by atoms with Gasteiger partial charge in [0, 0.05) is 12.3 Å². The van der Waals surface area contributed by atoms with Crippen LogP contribution in [0.5, 0.6) is 0 Å². The first-order chi connectivity index (χ1) is 19.3. The maximum Gasteiger partial charge on any atom is 0.321 e. The normalized spacial score (nSPS) is 30.3. The Balaban J connectivity index is 3.04. The van der Waals surface area contributed by atoms with E-state index in [1.54, 1.807) is 26.0 Å². The molecule has 42 heavy (non-hydrogen) atoms. The van der Waals surface area contributed by atoms with Gasteiger partial charge in [-0.05, 0) is 98.8 Å². The minimum absolute atomic E-state index is 0.0895. The third kappa shape index (κ3) is 7.30. The summed E-state index contributed by atoms with van der Waals surface area (Å²) in [6.45, 7) is 20.6. The van der Waals surface area contributed by atoms with Crippen molar-refractivity contribution in [3.05, 3.63) is 47.1 Å². The van der Waals surface area contributed by atoms with Crippen LogP contribution in [0.4, 0.5) is 0 Å². The molecule has 1 aliphatic carbocycles. The number of rotatable bonds is 12. The highest BCUT2D eigenvalue weighted by atomic mass is 16.6. The molecule has 0 aromatic rings. The molecule has 2 aliphatic rings. The van der Waals surface area contributed by atoms with E-state index >= 15 is 0 Å². The summed E-state index contributed by atoms with van der Waals surface area (Å²) in [4.78, 5) is 58.0. The van der Waals surface area contributed by atoms with Crippen molar-refractivity contribution in [1.82, 2.24) is 0 Å². The lowest BCUT2D eigenvalue weighted by Gasteiger charge is -2.48. The molecule has 6 nitrogen and oxygen atoms in total. The lowest BCUT2D eigenvalue weighted by Crippen LogP contribution is -2.60. The first kappa shape index (κ1) is 35.6. The molecule has 1 unspecified atom stereocenters. The van der Waals surface area contributed by atoms with Crippen LogP contribution in [0.25, 0.3) is 0 Å². The Labute approximate surface area is 253 Å². The Morgan fingerprint density at radius 1 is 0.976 bits per heavy atom. The van der Waals surface area contributed by atoms with Gasteiger partial charge in [-0.25, -0.2) is 0 Å². The van der Waals surface area contributed by atoms with Crippen LogP contribution < -0.4 is 0 Å². The van der Waals surface area contributed by atoms with E-state index in [4.69, 9.17) is 4.74 Å². The lowest BCUT2D eigenvalue weighted by molar-refractivity contribution is -0.167. The molecule has 0 spiro atoms. The molecule has 2 bridgehead atoms. The summed E-state index contributed by atoms with van der Waals surface area (Å²) in [6, 6.07) is 0. The van der Waals surface area contributed by atoms with Gasteiger partial charge in [0.05, 0.1) is 11.5 Å². The van der Waals surface area contributed by atoms with Crippen LogP contribution in [-0.2, 0) is 23.9 Å². The predicted octanol–water partition coefficient (Wildman–Crippen LogP) is 7.45. The maximum atomic E-state index is 15.0. The minimum atomic E-state index is -2.06. The van der Waals surface area contributed by atoms with Crippen LogP contribution in [0.2, 0.25) is 0 Å². The molecular weight excluding hydrogens is 528 g/mol. The van der Waals surface area contributed by atoms with E-state index in [0.29, 0.717) is 19.3 Å². The number of allylic oxidation sites excluding steroid dienone is 6. The van der Waals surface area contributed by atoms with Crippen LogP contribution in [0.1, 0.15) is 115 Å². The van der Waals surface area contributed by atoms with Gasteiger partial charge in [-0.3, -0.25) is 19.2 Å². The fourth-order valence-corrected chi connectivity index (χ4v) is 6.32. The second-order valence-electron chi connectivity index (χ2n) is 14.3. The number of aliphatic hydroxyl groups is 1. The quantitative estimate of drug-likeness (QED) is 0.146. The van der Waals surface area contributed by atoms with Gasteiger partial charge in [-0.15, -0.1) is 0 Å². The lowest BCUT2D eigenvalue weighted by atomic mass is 9.52. The molecule has 1 aliphatic heterocycles. The fraction of sp³-hybridized carbons (Fsp3) is 0.667. The van der Waals surface area contributed by atoms with E-state index in [9.17, 15) is 24.3 Å². The summed E-state index contributed by atoms with van der Waals surface area (Å²) in [5.41, 5.74) is -2.72. The van der Waals surface area contributed by atoms with Gasteiger partial charge in [-0.1, -0.05) is 67.9 Å². The van der Waals surface area contributed by atoms with Crippen LogP contribution >= 0.6 is 0 Å². The molecular formula is C36H54O6. The van der Waals surface area contributed by atoms with Crippen molar-refractivity contribution in [3.63, 3.8) is 0 Å². The third-order valence-electron chi connectivity index (χ3n) is 9.24. The number of esters is 1. The highest BCUT2D eigenvalue weighted by Crippen LogP contribution is 2.58. The van der Waals surface area contributed by atoms with E-state index < -0.39 is 51.4 Å². The van der Waals surface area contributed by atoms with Gasteiger partial charge in [0.15, 0.2) is 5.78 Å². The predicted molar refractivity (Wildman–Crippen MR) is 168 cm³/mol. The summed E-state index contributed by atoms with van der Waals surface area (Å²) in [6.07, 6.45) is 10.8. The molecule has 2 fully saturated rings. The summed E-state index contributed by atoms with van der Waals surface area (Å²) in [5.74, 6) is -3.99. The van der Waals surface area contributed by atoms with Gasteiger partial charge in [0.2, 0.25) is 11.4 Å². The molecule has 6 heteroatoms. The van der Waals surface area contributed by atoms with Gasteiger partial charge in [0.25, 0.3) is 0 Å². The molecule has 1 heterocycles. The Hall–Kier alpha value is -2.60. The minimum Gasteiger partial charge on any atom is -0.442 e. The third-order valence-corrected chi connectivity index (χ3v) is 9.24. The molecule has 2 rings (SSSR count). The number of Topliss-reactive ketones (excluding diaryl/α,β-unsaturated/α-hetero) is 3. The van der Waals surface area contributed by atoms with Crippen molar-refractivity contribution < 1.29 is 29.0 Å². The largest absolute Gasteiger partial charge is 0.442 e. The SMILES string of the molecule is CCC(C)C(=O)[C@@H]1C(=O)[C@]2(CC=C(C)C)OC(=O)[C@](CC=C(C)C)(C[C@H](CC=C(C)C)[C@]1(C)C/C=C/C(C)(C)O)C2=O. The van der Waals surface area contributed by atoms with Crippen LogP contribution in [-0.4, -0.2) is 39.6 Å². The highest BCUT2D eigenvalue weighted by molar-refractivity contribution is 6.27. The van der Waals surface area contributed by atoms with Gasteiger partial charge in [0.1, 0.15) is 11.2 Å². The average Bonchev–Trinajstić information content (AvgIpc) is 3.09. The number of ether oxygens (including phenoxy) is 1. The first-order valence-corrected chi connectivity index (χ1v) is 15.4. The van der Waals surface area contributed by atoms with Crippen LogP contribution in [0.15, 0.2) is 47.1 Å². The monoisotopic (exact) mass is 582 g/mol. The standard InChI is InChI=1S/C36H54O6/c1-12-26(8)29(37)28-30(38)36(21-17-25(6)7)31(39)35(32(40)42-36,20-16-24(4)5)22-27(15-14-23(2)3)34(28,11)19-13-18-33(9,10)41/h13-14,16-18,26-28,41H,12,15,19-22H2,1-11H3/b18-13+/t26?,27-,28+,34-,35+,36-/m0/s1. The second-order valence-corrected chi connectivity index (χ2v) is 14.3. The molecule has 1 saturated heterocycles. The zero-order valence-electron chi connectivity index (χ0n) is 27.8. The number of ketones is 3. The van der Waals surface area contributed by atoms with E-state index in [1.807, 2.05) is 74.5 Å². The topological polar surface area (TPSA) is 97.7 Å². The van der Waals surface area contributed by atoms with Gasteiger partial charge >= 0.3 is 5.97 Å². The molecule has 0 amide bonds. The highest BCUT2D eigenvalue weighted by Gasteiger charge is 2.72. The average molecular weight is 583 g/mol. The van der Waals surface area contributed by atoms with Crippen molar-refractivity contribution in [2.75, 3.05) is 0 Å². The number of carbonyl (C=O) groups excluding carboxylic acids is 4. The number of fused-ring (bicyclic) bond motifs is 2. The second kappa shape index (κ2) is 13.4. The van der Waals surface area contributed by atoms with E-state index in [2.05, 4.69) is 6.08 Å². The Bertz CT molecular complexity index is 1180. The van der Waals surface area contributed by atoms with Crippen molar-refractivity contribution in [3.8, 4) is 0 Å². The van der Waals surface area contributed by atoms with Crippen molar-refractivity contribution >= 4 is 23.3 Å². The Kier molecular flexibility index (Phi) is 11.3. The number of carbonyl (C=O) groups is 4. The van der Waals surface area contributed by atoms with E-state index in [-0.39, 0.29) is 31.0 Å². The molecule has 1 saturated carbocycles. The molecule has 1 N–H and O–H groups in total. The van der Waals surface area contributed by atoms with E-state index in [1.165, 1.54) is 0 Å². The van der Waals surface area contributed by atoms with Crippen LogP contribution in [0.3, 0.4) is 0 Å². The van der Waals surface area contributed by atoms with Crippen LogP contribution in [0, 0.1) is 28.6 Å². The summed E-state index contributed by atoms with van der Waals surface area (Å²) >= 11 is 0. The van der Waals surface area contributed by atoms with Gasteiger partial charge in [-0.2, -0.15) is 0 Å². The zero-order valence-corrected chi connectivity index (χ0v) is 27.8. The molecule has 0 aromatic carbocycles. The maximum absolute atomic E-state index is 15.0. The summed E-state index contributed by atoms with van der Waals surface area (Å²) in [5, 5.41) is 10.5. The number of hydrogen-bond donors (Lipinski definition) is 1. The molecule has 6 atom stereocenters. The van der Waals surface area contributed by atoms with Crippen molar-refractivity contribution in [1.29, 1.82) is 0 Å². The van der Waals surface area contributed by atoms with Gasteiger partial charge < -0.3 is 9.84 Å². The summed E-state index contributed by atoms with van der Waals surface area (Å²) < 4.78 is 6.03. The fourth-order valence-electron chi connectivity index (χ4n) is 6.32. The molecule has 0 aromatic heterocycles. The van der Waals surface area contributed by atoms with Crippen molar-refractivity contribution in [2.24, 2.45) is 28.6 Å². The zero-order chi connectivity index (χ0) is 32.3. The molecule has 0 radical (unpaired) electrons.